The molecule has 9 rings (SSSR count). The molecule has 4 saturated heterocycles. The van der Waals surface area contributed by atoms with Gasteiger partial charge >= 0.3 is 5.43 Å². The van der Waals surface area contributed by atoms with Crippen LogP contribution in [0, 0.1) is 22.7 Å². The highest BCUT2D eigenvalue weighted by molar-refractivity contribution is 6.61. The minimum absolute atomic E-state index is 0. The first-order valence-corrected chi connectivity index (χ1v) is 27.0. The second-order valence-corrected chi connectivity index (χ2v) is 21.2. The van der Waals surface area contributed by atoms with E-state index in [4.69, 9.17) is 23.2 Å². The lowest BCUT2D eigenvalue weighted by Gasteiger charge is -2.46. The molecule has 4 heterocycles. The van der Waals surface area contributed by atoms with Crippen molar-refractivity contribution in [3.63, 3.8) is 0 Å². The highest BCUT2D eigenvalue weighted by atomic mass is 35.5. The van der Waals surface area contributed by atoms with Crippen LogP contribution >= 0.6 is 23.2 Å². The summed E-state index contributed by atoms with van der Waals surface area (Å²) in [5, 5.41) is 3.65. The zero-order chi connectivity index (χ0) is 50.8. The molecule has 0 radical (unpaired) electrons. The number of halogens is 2. The lowest BCUT2D eigenvalue weighted by molar-refractivity contribution is -0.119. The standard InChI is InChI=1S/C32H39N3O.C25H33N3O.C3H4Cl2O2.CH4/c1-2-31(36)35(30-16-10-5-11-17-30)26-32-24-33(20-18-27-12-6-3-7-13-27)21-19-29(32)23-34(25-32)22-28-14-8-4-9-15-28;1-2-24(29)28(23-11-7-4-8-12-23)20-25-18-26-17-22(25)14-16-27(19-25)15-13-21-9-5-3-6-10-21;1-2(4)7-3(5)6;/h3-17,29H,2,18-26H2,1H3;3-12,22,26H,2,13-20H2,1H3;2H,1H3;1H4. The summed E-state index contributed by atoms with van der Waals surface area (Å²) in [6, 6.07) is 52.9. The Kier molecular flexibility index (Phi) is 22.4. The molecule has 5 atom stereocenters. The molecule has 4 aliphatic heterocycles. The minimum Gasteiger partial charge on any atom is -0.434 e. The molecule has 392 valence electrons. The number of piperidine rings is 2. The lowest BCUT2D eigenvalue weighted by Crippen LogP contribution is -2.55. The molecule has 5 unspecified atom stereocenters. The van der Waals surface area contributed by atoms with Gasteiger partial charge in [0.05, 0.1) is 0 Å². The van der Waals surface area contributed by atoms with Crippen LogP contribution in [0.5, 0.6) is 0 Å². The Bertz CT molecular complexity index is 2400. The first-order valence-electron chi connectivity index (χ1n) is 26.2. The van der Waals surface area contributed by atoms with Crippen molar-refractivity contribution in [3.05, 3.63) is 168 Å². The van der Waals surface area contributed by atoms with E-state index in [1.807, 2.05) is 55.1 Å². The third kappa shape index (κ3) is 16.5. The molecular weight excluding hydrogens is 952 g/mol. The maximum Gasteiger partial charge on any atom is 0.405 e. The van der Waals surface area contributed by atoms with Crippen LogP contribution < -0.4 is 15.1 Å². The summed E-state index contributed by atoms with van der Waals surface area (Å²) >= 11 is 9.87. The van der Waals surface area contributed by atoms with Crippen LogP contribution in [0.3, 0.4) is 0 Å². The van der Waals surface area contributed by atoms with E-state index in [0.29, 0.717) is 24.7 Å². The zero-order valence-corrected chi connectivity index (χ0v) is 44.2. The largest absolute Gasteiger partial charge is 0.434 e. The Morgan fingerprint density at radius 3 is 1.47 bits per heavy atom. The number of anilines is 2. The summed E-state index contributed by atoms with van der Waals surface area (Å²) in [4.78, 5) is 47.9. The van der Waals surface area contributed by atoms with Crippen LogP contribution in [0.2, 0.25) is 0 Å². The molecule has 73 heavy (non-hydrogen) atoms. The Morgan fingerprint density at radius 1 is 0.616 bits per heavy atom. The fraction of sp³-hybridized carbons (Fsp3) is 0.459. The Balaban J connectivity index is 0.000000212. The number of alkyl halides is 1. The molecule has 5 aromatic carbocycles. The van der Waals surface area contributed by atoms with Crippen molar-refractivity contribution in [2.45, 2.75) is 78.8 Å². The number of hydrogen-bond acceptors (Lipinski definition) is 8. The fourth-order valence-electron chi connectivity index (χ4n) is 11.6. The van der Waals surface area contributed by atoms with E-state index in [2.05, 4.69) is 145 Å². The van der Waals surface area contributed by atoms with Gasteiger partial charge in [0, 0.05) is 112 Å². The summed E-state index contributed by atoms with van der Waals surface area (Å²) in [7, 11) is 0. The monoisotopic (exact) mass is 1030 g/mol. The van der Waals surface area contributed by atoms with Gasteiger partial charge in [-0.05, 0) is 105 Å². The van der Waals surface area contributed by atoms with E-state index in [0.717, 1.165) is 109 Å². The zero-order valence-electron chi connectivity index (χ0n) is 42.7. The van der Waals surface area contributed by atoms with Gasteiger partial charge in [0.25, 0.3) is 0 Å². The predicted octanol–water partition coefficient (Wildman–Crippen LogP) is 11.7. The molecule has 10 nitrogen and oxygen atoms in total. The molecule has 0 aromatic heterocycles. The quantitative estimate of drug-likeness (QED) is 0.0728. The average molecular weight is 1030 g/mol. The molecular formula is C61H80Cl2N6O4. The maximum atomic E-state index is 13.2. The Morgan fingerprint density at radius 2 is 1.03 bits per heavy atom. The first kappa shape index (κ1) is 57.2. The number of benzene rings is 5. The van der Waals surface area contributed by atoms with E-state index in [-0.39, 0.29) is 30.1 Å². The predicted molar refractivity (Wildman–Crippen MR) is 301 cm³/mol. The van der Waals surface area contributed by atoms with E-state index >= 15 is 0 Å². The van der Waals surface area contributed by atoms with E-state index < -0.39 is 11.0 Å². The number of carbonyl (C=O) groups is 3. The van der Waals surface area contributed by atoms with Crippen LogP contribution in [0.4, 0.5) is 16.2 Å². The summed E-state index contributed by atoms with van der Waals surface area (Å²) < 4.78 is 4.14. The van der Waals surface area contributed by atoms with Crippen LogP contribution in [0.1, 0.15) is 70.6 Å². The van der Waals surface area contributed by atoms with Crippen LogP contribution in [0.25, 0.3) is 0 Å². The number of hydrogen-bond donors (Lipinski definition) is 1. The van der Waals surface area contributed by atoms with Gasteiger partial charge in [-0.25, -0.2) is 4.79 Å². The smallest absolute Gasteiger partial charge is 0.405 e. The summed E-state index contributed by atoms with van der Waals surface area (Å²) in [6.45, 7) is 18.9. The number of likely N-dealkylation sites (tertiary alicyclic amines) is 3. The molecule has 4 fully saturated rings. The van der Waals surface area contributed by atoms with Crippen molar-refractivity contribution in [3.8, 4) is 0 Å². The number of nitrogens with one attached hydrogen (secondary N) is 1. The average Bonchev–Trinajstić information content (AvgIpc) is 3.99. The van der Waals surface area contributed by atoms with Crippen LogP contribution in [-0.4, -0.2) is 116 Å². The van der Waals surface area contributed by atoms with Gasteiger partial charge in [0.1, 0.15) is 0 Å². The molecule has 0 spiro atoms. The Hall–Kier alpha value is -5.07. The van der Waals surface area contributed by atoms with Gasteiger partial charge in [-0.1, -0.05) is 160 Å². The van der Waals surface area contributed by atoms with Gasteiger partial charge in [0.2, 0.25) is 11.8 Å². The minimum atomic E-state index is -0.873. The summed E-state index contributed by atoms with van der Waals surface area (Å²) in [6.07, 6.45) is 5.65. The van der Waals surface area contributed by atoms with Crippen molar-refractivity contribution in [2.24, 2.45) is 22.7 Å². The molecule has 4 aliphatic rings. The van der Waals surface area contributed by atoms with E-state index in [9.17, 15) is 14.4 Å². The molecule has 1 N–H and O–H groups in total. The van der Waals surface area contributed by atoms with Crippen molar-refractivity contribution in [2.75, 3.05) is 88.3 Å². The Labute approximate surface area is 447 Å². The first-order chi connectivity index (χ1) is 35.0. The fourth-order valence-corrected chi connectivity index (χ4v) is 11.8. The highest BCUT2D eigenvalue weighted by Gasteiger charge is 2.51. The van der Waals surface area contributed by atoms with Crippen molar-refractivity contribution in [1.82, 2.24) is 20.0 Å². The van der Waals surface area contributed by atoms with Crippen LogP contribution in [0.15, 0.2) is 152 Å². The number of amides is 2. The molecule has 0 bridgehead atoms. The lowest BCUT2D eigenvalue weighted by atomic mass is 9.72. The summed E-state index contributed by atoms with van der Waals surface area (Å²) in [5.74, 6) is 1.69. The topological polar surface area (TPSA) is 88.7 Å². The second-order valence-electron chi connectivity index (χ2n) is 20.2. The van der Waals surface area contributed by atoms with Crippen molar-refractivity contribution >= 4 is 51.8 Å². The number of para-hydroxylation sites is 2. The van der Waals surface area contributed by atoms with Gasteiger partial charge in [-0.3, -0.25) is 14.5 Å². The van der Waals surface area contributed by atoms with E-state index in [1.54, 1.807) is 0 Å². The third-order valence-corrected chi connectivity index (χ3v) is 15.4. The summed E-state index contributed by atoms with van der Waals surface area (Å²) in [5.41, 5.74) is 4.93. The van der Waals surface area contributed by atoms with Crippen molar-refractivity contribution in [1.29, 1.82) is 0 Å². The van der Waals surface area contributed by atoms with Gasteiger partial charge in [-0.15, -0.1) is 0 Å². The molecule has 0 aliphatic carbocycles. The molecule has 5 aromatic rings. The number of nitrogens with zero attached hydrogens (tertiary/aromatic N) is 5. The van der Waals surface area contributed by atoms with Gasteiger partial charge < -0.3 is 29.7 Å². The molecule has 0 saturated carbocycles. The number of rotatable bonds is 17. The maximum absolute atomic E-state index is 13.2. The van der Waals surface area contributed by atoms with Crippen molar-refractivity contribution < 1.29 is 19.1 Å². The second kappa shape index (κ2) is 28.6. The number of fused-ring (bicyclic) bond motifs is 2. The van der Waals surface area contributed by atoms with Gasteiger partial charge in [0.15, 0.2) is 5.56 Å². The highest BCUT2D eigenvalue weighted by Crippen LogP contribution is 2.45. The SMILES string of the molecule is C.CC(Cl)OC(=O)Cl.CCC(=O)N(CC12CN(CCc3ccccc3)CCC1CN(Cc1ccccc1)C2)c1ccccc1.CCC(=O)N(CC12CNCC1CCN(CCc1ccccc1)C2)c1ccccc1. The van der Waals surface area contributed by atoms with Crippen LogP contribution in [-0.2, 0) is 33.7 Å². The molecule has 2 amide bonds. The normalized spacial score (nSPS) is 21.9. The van der Waals surface area contributed by atoms with Gasteiger partial charge in [-0.2, -0.15) is 0 Å². The van der Waals surface area contributed by atoms with E-state index in [1.165, 1.54) is 36.5 Å². The third-order valence-electron chi connectivity index (χ3n) is 15.2. The number of ether oxygens (including phenoxy) is 1. The number of carbonyl (C=O) groups excluding carboxylic acids is 3. The molecule has 12 heteroatoms.